The first-order chi connectivity index (χ1) is 10.1. The van der Waals surface area contributed by atoms with Gasteiger partial charge in [0.05, 0.1) is 18.1 Å². The van der Waals surface area contributed by atoms with Gasteiger partial charge in [-0.15, -0.1) is 0 Å². The van der Waals surface area contributed by atoms with Crippen molar-refractivity contribution >= 4 is 34.1 Å². The van der Waals surface area contributed by atoms with Crippen LogP contribution in [0.3, 0.4) is 0 Å². The van der Waals surface area contributed by atoms with Crippen LogP contribution in [0.5, 0.6) is 0 Å². The summed E-state index contributed by atoms with van der Waals surface area (Å²) >= 11 is 5.83. The van der Waals surface area contributed by atoms with Crippen LogP contribution in [0.2, 0.25) is 5.02 Å². The highest BCUT2D eigenvalue weighted by atomic mass is 35.5. The minimum absolute atomic E-state index is 0.0525. The molecule has 5 heteroatoms. The molecule has 0 saturated carbocycles. The predicted octanol–water partition coefficient (Wildman–Crippen LogP) is 3.71. The number of hydrogen-bond donors (Lipinski definition) is 2. The Labute approximate surface area is 127 Å². The Morgan fingerprint density at radius 1 is 1.29 bits per heavy atom. The number of aromatic amines is 1. The number of carbonyl (C=O) groups is 1. The largest absolute Gasteiger partial charge is 0.326 e. The number of benzene rings is 2. The molecule has 0 radical (unpaired) electrons. The highest BCUT2D eigenvalue weighted by Crippen LogP contribution is 2.22. The molecule has 106 valence electrons. The molecule has 0 bridgehead atoms. The maximum absolute atomic E-state index is 12.1. The van der Waals surface area contributed by atoms with Crippen LogP contribution in [0.1, 0.15) is 11.1 Å². The fourth-order valence-corrected chi connectivity index (χ4v) is 2.34. The molecule has 3 rings (SSSR count). The minimum atomic E-state index is -0.0525. The Kier molecular flexibility index (Phi) is 3.62. The zero-order chi connectivity index (χ0) is 14.8. The Balaban J connectivity index is 1.76. The van der Waals surface area contributed by atoms with Crippen molar-refractivity contribution in [2.45, 2.75) is 13.3 Å². The van der Waals surface area contributed by atoms with E-state index in [9.17, 15) is 4.79 Å². The van der Waals surface area contributed by atoms with Crippen molar-refractivity contribution in [3.8, 4) is 0 Å². The normalized spacial score (nSPS) is 10.8. The molecule has 21 heavy (non-hydrogen) atoms. The summed E-state index contributed by atoms with van der Waals surface area (Å²) in [5, 5.41) is 11.5. The van der Waals surface area contributed by atoms with Gasteiger partial charge in [0.2, 0.25) is 5.91 Å². The quantitative estimate of drug-likeness (QED) is 0.774. The van der Waals surface area contributed by atoms with Crippen LogP contribution in [0.15, 0.2) is 42.6 Å². The van der Waals surface area contributed by atoms with Crippen LogP contribution in [-0.4, -0.2) is 16.1 Å². The van der Waals surface area contributed by atoms with Crippen LogP contribution in [0.25, 0.3) is 10.9 Å². The van der Waals surface area contributed by atoms with Crippen LogP contribution in [-0.2, 0) is 11.2 Å². The number of nitrogens with zero attached hydrogens (tertiary/aromatic N) is 1. The summed E-state index contributed by atoms with van der Waals surface area (Å²) in [4.78, 5) is 12.1. The fraction of sp³-hybridized carbons (Fsp3) is 0.125. The second-order valence-corrected chi connectivity index (χ2v) is 5.41. The Morgan fingerprint density at radius 2 is 2.05 bits per heavy atom. The predicted molar refractivity (Wildman–Crippen MR) is 84.6 cm³/mol. The third-order valence-corrected chi connectivity index (χ3v) is 3.59. The topological polar surface area (TPSA) is 57.8 Å². The molecule has 0 fully saturated rings. The van der Waals surface area contributed by atoms with Crippen molar-refractivity contribution in [3.05, 3.63) is 58.7 Å². The van der Waals surface area contributed by atoms with Gasteiger partial charge in [-0.2, -0.15) is 5.10 Å². The summed E-state index contributed by atoms with van der Waals surface area (Å²) in [7, 11) is 0. The Bertz CT molecular complexity index is 793. The van der Waals surface area contributed by atoms with Crippen LogP contribution < -0.4 is 5.32 Å². The van der Waals surface area contributed by atoms with E-state index in [-0.39, 0.29) is 5.91 Å². The van der Waals surface area contributed by atoms with E-state index < -0.39 is 0 Å². The molecule has 0 spiro atoms. The van der Waals surface area contributed by atoms with Crippen LogP contribution in [0.4, 0.5) is 5.69 Å². The molecule has 0 aliphatic carbocycles. The molecule has 0 saturated heterocycles. The standard InChI is InChI=1S/C16H14ClN3O/c1-10-6-15-12(9-18-20-15)8-14(10)19-16(21)7-11-2-4-13(17)5-3-11/h2-6,8-9H,7H2,1H3,(H,18,20)(H,19,21). The van der Waals surface area contributed by atoms with Gasteiger partial charge in [-0.25, -0.2) is 0 Å². The lowest BCUT2D eigenvalue weighted by Crippen LogP contribution is -2.15. The second kappa shape index (κ2) is 5.58. The number of hydrogen-bond acceptors (Lipinski definition) is 2. The van der Waals surface area contributed by atoms with Gasteiger partial charge < -0.3 is 5.32 Å². The molecule has 1 aromatic heterocycles. The highest BCUT2D eigenvalue weighted by molar-refractivity contribution is 6.30. The number of amides is 1. The molecule has 0 aliphatic heterocycles. The molecule has 2 aromatic carbocycles. The van der Waals surface area contributed by atoms with Crippen molar-refractivity contribution in [3.63, 3.8) is 0 Å². The summed E-state index contributed by atoms with van der Waals surface area (Å²) < 4.78 is 0. The van der Waals surface area contributed by atoms with E-state index in [0.717, 1.165) is 27.7 Å². The number of carbonyl (C=O) groups excluding carboxylic acids is 1. The van der Waals surface area contributed by atoms with E-state index in [0.29, 0.717) is 11.4 Å². The molecule has 3 aromatic rings. The van der Waals surface area contributed by atoms with E-state index in [2.05, 4.69) is 15.5 Å². The van der Waals surface area contributed by atoms with Gasteiger partial charge in [0.25, 0.3) is 0 Å². The van der Waals surface area contributed by atoms with Crippen molar-refractivity contribution < 1.29 is 4.79 Å². The number of halogens is 1. The average Bonchev–Trinajstić information content (AvgIpc) is 2.89. The second-order valence-electron chi connectivity index (χ2n) is 4.98. The zero-order valence-corrected chi connectivity index (χ0v) is 12.2. The molecule has 1 heterocycles. The fourth-order valence-electron chi connectivity index (χ4n) is 2.22. The van der Waals surface area contributed by atoms with Gasteiger partial charge in [-0.3, -0.25) is 9.89 Å². The summed E-state index contributed by atoms with van der Waals surface area (Å²) in [5.41, 5.74) is 3.70. The first-order valence-electron chi connectivity index (χ1n) is 6.60. The molecule has 0 atom stereocenters. The minimum Gasteiger partial charge on any atom is -0.326 e. The zero-order valence-electron chi connectivity index (χ0n) is 11.5. The number of H-pyrrole nitrogens is 1. The lowest BCUT2D eigenvalue weighted by molar-refractivity contribution is -0.115. The van der Waals surface area contributed by atoms with Gasteiger partial charge >= 0.3 is 0 Å². The molecular weight excluding hydrogens is 286 g/mol. The van der Waals surface area contributed by atoms with E-state index >= 15 is 0 Å². The van der Waals surface area contributed by atoms with Gasteiger partial charge in [0, 0.05) is 16.1 Å². The number of fused-ring (bicyclic) bond motifs is 1. The van der Waals surface area contributed by atoms with E-state index in [1.165, 1.54) is 0 Å². The molecular formula is C16H14ClN3O. The number of nitrogens with one attached hydrogen (secondary N) is 2. The summed E-state index contributed by atoms with van der Waals surface area (Å²) in [6.45, 7) is 1.96. The van der Waals surface area contributed by atoms with Crippen LogP contribution >= 0.6 is 11.6 Å². The first kappa shape index (κ1) is 13.6. The summed E-state index contributed by atoms with van der Waals surface area (Å²) in [5.74, 6) is -0.0525. The lowest BCUT2D eigenvalue weighted by atomic mass is 10.1. The van der Waals surface area contributed by atoms with Gasteiger partial charge in [0.15, 0.2) is 0 Å². The van der Waals surface area contributed by atoms with E-state index in [1.807, 2.05) is 31.2 Å². The lowest BCUT2D eigenvalue weighted by Gasteiger charge is -2.09. The number of rotatable bonds is 3. The Morgan fingerprint density at radius 3 is 2.81 bits per heavy atom. The van der Waals surface area contributed by atoms with Crippen molar-refractivity contribution in [1.29, 1.82) is 0 Å². The van der Waals surface area contributed by atoms with E-state index in [4.69, 9.17) is 11.6 Å². The smallest absolute Gasteiger partial charge is 0.228 e. The number of anilines is 1. The molecule has 1 amide bonds. The number of aryl methyl sites for hydroxylation is 1. The third kappa shape index (κ3) is 3.06. The maximum atomic E-state index is 12.1. The number of aromatic nitrogens is 2. The van der Waals surface area contributed by atoms with E-state index in [1.54, 1.807) is 18.3 Å². The third-order valence-electron chi connectivity index (χ3n) is 3.34. The summed E-state index contributed by atoms with van der Waals surface area (Å²) in [6.07, 6.45) is 2.06. The van der Waals surface area contributed by atoms with Gasteiger partial charge in [0.1, 0.15) is 0 Å². The SMILES string of the molecule is Cc1cc2[nH]ncc2cc1NC(=O)Cc1ccc(Cl)cc1. The van der Waals surface area contributed by atoms with Gasteiger partial charge in [-0.05, 0) is 42.3 Å². The summed E-state index contributed by atoms with van der Waals surface area (Å²) in [6, 6.07) is 11.2. The van der Waals surface area contributed by atoms with Crippen molar-refractivity contribution in [1.82, 2.24) is 10.2 Å². The maximum Gasteiger partial charge on any atom is 0.228 e. The monoisotopic (exact) mass is 299 g/mol. The molecule has 2 N–H and O–H groups in total. The Hall–Kier alpha value is -2.33. The molecule has 0 unspecified atom stereocenters. The van der Waals surface area contributed by atoms with Crippen LogP contribution in [0, 0.1) is 6.92 Å². The van der Waals surface area contributed by atoms with Crippen molar-refractivity contribution in [2.24, 2.45) is 0 Å². The average molecular weight is 300 g/mol. The highest BCUT2D eigenvalue weighted by Gasteiger charge is 2.08. The first-order valence-corrected chi connectivity index (χ1v) is 6.97. The van der Waals surface area contributed by atoms with Gasteiger partial charge in [-0.1, -0.05) is 23.7 Å². The molecule has 4 nitrogen and oxygen atoms in total. The van der Waals surface area contributed by atoms with Crippen molar-refractivity contribution in [2.75, 3.05) is 5.32 Å². The molecule has 0 aliphatic rings.